The van der Waals surface area contributed by atoms with Gasteiger partial charge in [-0.1, -0.05) is 19.3 Å². The lowest BCUT2D eigenvalue weighted by Gasteiger charge is -2.41. The molecule has 9 atom stereocenters. The first-order valence-corrected chi connectivity index (χ1v) is 14.4. The second-order valence-electron chi connectivity index (χ2n) is 12.5. The number of halogens is 6. The van der Waals surface area contributed by atoms with E-state index >= 15 is 0 Å². The number of alkyl halides is 6. The molecule has 0 aromatic rings. The Labute approximate surface area is 226 Å². The van der Waals surface area contributed by atoms with Gasteiger partial charge in [0.1, 0.15) is 12.4 Å². The Kier molecular flexibility index (Phi) is 9.48. The second kappa shape index (κ2) is 12.1. The molecule has 0 bridgehead atoms. The van der Waals surface area contributed by atoms with Crippen LogP contribution < -0.4 is 0 Å². The second-order valence-corrected chi connectivity index (χ2v) is 12.5. The van der Waals surface area contributed by atoms with Gasteiger partial charge >= 0.3 is 18.4 Å². The lowest BCUT2D eigenvalue weighted by atomic mass is 9.69. The number of nitrogens with zero attached hydrogens (tertiary/aromatic N) is 1. The SMILES string of the molecule is COC1CCC(C=O)CC1CC1CCCCC1CN1C(=O)OC(C2CC(C(F)(F)F)CC(C(F)(F)F)C2)C1C. The van der Waals surface area contributed by atoms with E-state index in [0.29, 0.717) is 12.5 Å². The fourth-order valence-corrected chi connectivity index (χ4v) is 7.95. The van der Waals surface area contributed by atoms with Crippen LogP contribution in [0.5, 0.6) is 0 Å². The topological polar surface area (TPSA) is 55.8 Å². The fraction of sp³-hybridized carbons (Fsp3) is 0.929. The van der Waals surface area contributed by atoms with Gasteiger partial charge in [0.25, 0.3) is 0 Å². The van der Waals surface area contributed by atoms with E-state index in [4.69, 9.17) is 9.47 Å². The molecule has 1 amide bonds. The summed E-state index contributed by atoms with van der Waals surface area (Å²) in [6.07, 6.45) is -4.67. The Morgan fingerprint density at radius 1 is 0.897 bits per heavy atom. The van der Waals surface area contributed by atoms with Crippen LogP contribution in [0.4, 0.5) is 31.1 Å². The monoisotopic (exact) mass is 569 g/mol. The van der Waals surface area contributed by atoms with Crippen molar-refractivity contribution in [2.75, 3.05) is 13.7 Å². The summed E-state index contributed by atoms with van der Waals surface area (Å²) in [6, 6.07) is -0.605. The molecule has 4 rings (SSSR count). The fourth-order valence-electron chi connectivity index (χ4n) is 7.95. The van der Waals surface area contributed by atoms with Crippen molar-refractivity contribution >= 4 is 12.4 Å². The van der Waals surface area contributed by atoms with Crippen molar-refractivity contribution in [3.05, 3.63) is 0 Å². The number of rotatable bonds is 7. The van der Waals surface area contributed by atoms with Crippen LogP contribution in [-0.4, -0.2) is 61.5 Å². The maximum absolute atomic E-state index is 13.5. The van der Waals surface area contributed by atoms with Crippen molar-refractivity contribution in [1.82, 2.24) is 4.90 Å². The van der Waals surface area contributed by atoms with Crippen molar-refractivity contribution in [3.8, 4) is 0 Å². The van der Waals surface area contributed by atoms with Crippen LogP contribution in [-0.2, 0) is 14.3 Å². The number of hydrogen-bond donors (Lipinski definition) is 0. The molecule has 3 aliphatic carbocycles. The van der Waals surface area contributed by atoms with Gasteiger partial charge < -0.3 is 19.2 Å². The van der Waals surface area contributed by atoms with Gasteiger partial charge in [-0.05, 0) is 82.0 Å². The molecule has 224 valence electrons. The summed E-state index contributed by atoms with van der Waals surface area (Å²) in [4.78, 5) is 25.9. The van der Waals surface area contributed by atoms with Crippen LogP contribution in [0.1, 0.15) is 77.6 Å². The maximum Gasteiger partial charge on any atom is 0.410 e. The van der Waals surface area contributed by atoms with Crippen LogP contribution in [0.15, 0.2) is 0 Å². The van der Waals surface area contributed by atoms with Crippen LogP contribution in [0.2, 0.25) is 0 Å². The van der Waals surface area contributed by atoms with E-state index in [0.717, 1.165) is 57.7 Å². The Morgan fingerprint density at radius 2 is 1.51 bits per heavy atom. The number of carbonyl (C=O) groups is 2. The third-order valence-corrected chi connectivity index (χ3v) is 10.1. The molecule has 4 aliphatic rings. The first-order chi connectivity index (χ1) is 18.3. The van der Waals surface area contributed by atoms with E-state index in [1.165, 1.54) is 4.90 Å². The smallest absolute Gasteiger partial charge is 0.410 e. The molecule has 4 fully saturated rings. The minimum atomic E-state index is -4.73. The zero-order valence-corrected chi connectivity index (χ0v) is 22.7. The average molecular weight is 570 g/mol. The highest BCUT2D eigenvalue weighted by Crippen LogP contribution is 2.50. The number of ether oxygens (including phenoxy) is 2. The zero-order chi connectivity index (χ0) is 28.5. The van der Waals surface area contributed by atoms with E-state index in [9.17, 15) is 35.9 Å². The Balaban J connectivity index is 1.44. The van der Waals surface area contributed by atoms with E-state index < -0.39 is 67.6 Å². The number of hydrogen-bond acceptors (Lipinski definition) is 4. The van der Waals surface area contributed by atoms with Crippen molar-refractivity contribution in [2.24, 2.45) is 41.4 Å². The molecule has 0 radical (unpaired) electrons. The summed E-state index contributed by atoms with van der Waals surface area (Å²) < 4.78 is 92.5. The van der Waals surface area contributed by atoms with Crippen LogP contribution in [0.3, 0.4) is 0 Å². The van der Waals surface area contributed by atoms with Gasteiger partial charge in [-0.2, -0.15) is 26.3 Å². The lowest BCUT2D eigenvalue weighted by molar-refractivity contribution is -0.232. The third kappa shape index (κ3) is 7.04. The van der Waals surface area contributed by atoms with E-state index in [1.807, 2.05) is 0 Å². The standard InChI is InChI=1S/C28H41F6NO4/c1-16-25(21-11-22(27(29,30)31)13-23(12-21)28(32,33)34)39-26(37)35(16)14-19-6-4-3-5-18(19)10-20-9-17(15-36)7-8-24(20)38-2/h15-25H,3-14H2,1-2H3. The Hall–Kier alpha value is -1.52. The number of methoxy groups -OCH3 is 1. The molecule has 9 unspecified atom stereocenters. The van der Waals surface area contributed by atoms with Gasteiger partial charge in [0, 0.05) is 19.6 Å². The predicted molar refractivity (Wildman–Crippen MR) is 131 cm³/mol. The number of amides is 1. The highest BCUT2D eigenvalue weighted by molar-refractivity contribution is 5.70. The molecule has 0 aromatic carbocycles. The molecule has 1 aliphatic heterocycles. The van der Waals surface area contributed by atoms with Crippen LogP contribution >= 0.6 is 0 Å². The largest absolute Gasteiger partial charge is 0.444 e. The van der Waals surface area contributed by atoms with Gasteiger partial charge in [0.15, 0.2) is 0 Å². The molecule has 11 heteroatoms. The van der Waals surface area contributed by atoms with Crippen LogP contribution in [0, 0.1) is 41.4 Å². The maximum atomic E-state index is 13.5. The normalized spacial score (nSPS) is 40.4. The minimum absolute atomic E-state index is 0.0225. The molecular formula is C28H41F6NO4. The molecule has 0 aromatic heterocycles. The van der Waals surface area contributed by atoms with Gasteiger partial charge in [-0.25, -0.2) is 4.79 Å². The summed E-state index contributed by atoms with van der Waals surface area (Å²) in [5.74, 6) is -4.43. The summed E-state index contributed by atoms with van der Waals surface area (Å²) in [5, 5.41) is 0. The molecule has 5 nitrogen and oxygen atoms in total. The molecule has 3 saturated carbocycles. The van der Waals surface area contributed by atoms with Crippen molar-refractivity contribution in [2.45, 2.75) is 108 Å². The first kappa shape index (κ1) is 30.4. The highest BCUT2D eigenvalue weighted by Gasteiger charge is 2.55. The lowest BCUT2D eigenvalue weighted by Crippen LogP contribution is -2.46. The van der Waals surface area contributed by atoms with Crippen molar-refractivity contribution in [1.29, 1.82) is 0 Å². The molecule has 39 heavy (non-hydrogen) atoms. The summed E-state index contributed by atoms with van der Waals surface area (Å²) in [5.41, 5.74) is 0. The molecule has 0 N–H and O–H groups in total. The third-order valence-electron chi connectivity index (χ3n) is 10.1. The highest BCUT2D eigenvalue weighted by atomic mass is 19.4. The molecule has 1 saturated heterocycles. The van der Waals surface area contributed by atoms with E-state index in [1.54, 1.807) is 14.0 Å². The molecule has 0 spiro atoms. The molecule has 1 heterocycles. The Bertz CT molecular complexity index is 829. The quantitative estimate of drug-likeness (QED) is 0.241. The van der Waals surface area contributed by atoms with E-state index in [-0.39, 0.29) is 23.9 Å². The van der Waals surface area contributed by atoms with Crippen LogP contribution in [0.25, 0.3) is 0 Å². The Morgan fingerprint density at radius 3 is 2.08 bits per heavy atom. The number of carbonyl (C=O) groups excluding carboxylic acids is 2. The summed E-state index contributed by atoms with van der Waals surface area (Å²) in [7, 11) is 1.69. The van der Waals surface area contributed by atoms with Crippen molar-refractivity contribution < 1.29 is 45.4 Å². The van der Waals surface area contributed by atoms with Gasteiger partial charge in [-0.3, -0.25) is 0 Å². The summed E-state index contributed by atoms with van der Waals surface area (Å²) >= 11 is 0. The van der Waals surface area contributed by atoms with E-state index in [2.05, 4.69) is 0 Å². The van der Waals surface area contributed by atoms with Gasteiger partial charge in [-0.15, -0.1) is 0 Å². The van der Waals surface area contributed by atoms with Crippen molar-refractivity contribution in [3.63, 3.8) is 0 Å². The van der Waals surface area contributed by atoms with Gasteiger partial charge in [0.2, 0.25) is 0 Å². The first-order valence-electron chi connectivity index (χ1n) is 14.4. The zero-order valence-electron chi connectivity index (χ0n) is 22.7. The summed E-state index contributed by atoms with van der Waals surface area (Å²) in [6.45, 7) is 2.06. The predicted octanol–water partition coefficient (Wildman–Crippen LogP) is 7.18. The van der Waals surface area contributed by atoms with Gasteiger partial charge in [0.05, 0.1) is 24.0 Å². The number of cyclic esters (lactones) is 1. The minimum Gasteiger partial charge on any atom is -0.444 e. The number of aldehydes is 1. The molecular weight excluding hydrogens is 528 g/mol. The average Bonchev–Trinajstić information content (AvgIpc) is 3.16.